The number of carbonyl (C=O) groups is 1. The highest BCUT2D eigenvalue weighted by Crippen LogP contribution is 2.41. The first kappa shape index (κ1) is 18.0. The quantitative estimate of drug-likeness (QED) is 0.612. The van der Waals surface area contributed by atoms with Gasteiger partial charge in [-0.15, -0.1) is 0 Å². The summed E-state index contributed by atoms with van der Waals surface area (Å²) in [5.74, 6) is 0.139. The molecule has 2 rings (SSSR count). The van der Waals surface area contributed by atoms with Crippen LogP contribution in [0.5, 0.6) is 0 Å². The van der Waals surface area contributed by atoms with E-state index in [-0.39, 0.29) is 5.69 Å². The summed E-state index contributed by atoms with van der Waals surface area (Å²) in [5, 5.41) is 4.18. The molecule has 1 atom stereocenters. The normalized spacial score (nSPS) is 23.6. The van der Waals surface area contributed by atoms with Crippen molar-refractivity contribution in [3.8, 4) is 0 Å². The molecule has 2 heterocycles. The number of rotatable bonds is 5. The van der Waals surface area contributed by atoms with Gasteiger partial charge in [-0.25, -0.2) is 4.79 Å². The molecule has 1 saturated heterocycles. The molecule has 1 unspecified atom stereocenters. The summed E-state index contributed by atoms with van der Waals surface area (Å²) >= 11 is 0. The van der Waals surface area contributed by atoms with Gasteiger partial charge in [-0.2, -0.15) is 5.10 Å². The average Bonchev–Trinajstić information content (AvgIpc) is 2.95. The van der Waals surface area contributed by atoms with Crippen LogP contribution in [0.4, 0.5) is 0 Å². The van der Waals surface area contributed by atoms with E-state index in [2.05, 4.69) is 25.9 Å². The third-order valence-corrected chi connectivity index (χ3v) is 4.79. The minimum absolute atomic E-state index is 0.255. The second-order valence-corrected chi connectivity index (χ2v) is 7.31. The number of hydrogen-bond donors (Lipinski definition) is 0. The molecule has 0 radical (unpaired) electrons. The lowest BCUT2D eigenvalue weighted by molar-refractivity contribution is -0.0189. The van der Waals surface area contributed by atoms with Crippen molar-refractivity contribution < 1.29 is 18.8 Å². The van der Waals surface area contributed by atoms with Gasteiger partial charge in [0.1, 0.15) is 0 Å². The van der Waals surface area contributed by atoms with Gasteiger partial charge in [-0.05, 0) is 45.6 Å². The van der Waals surface area contributed by atoms with Gasteiger partial charge in [0, 0.05) is 7.05 Å². The van der Waals surface area contributed by atoms with Crippen LogP contribution in [-0.2, 0) is 21.1 Å². The summed E-state index contributed by atoms with van der Waals surface area (Å²) < 4.78 is 18.8. The monoisotopic (exact) mass is 322 g/mol. The number of hydrogen-bond acceptors (Lipinski definition) is 5. The van der Waals surface area contributed by atoms with Gasteiger partial charge in [0.05, 0.1) is 23.9 Å². The van der Waals surface area contributed by atoms with Crippen molar-refractivity contribution in [1.82, 2.24) is 9.78 Å². The second-order valence-electron chi connectivity index (χ2n) is 7.31. The zero-order chi connectivity index (χ0) is 17.4. The number of methoxy groups -OCH3 is 1. The van der Waals surface area contributed by atoms with Gasteiger partial charge in [0.15, 0.2) is 5.69 Å². The Morgan fingerprint density at radius 3 is 2.61 bits per heavy atom. The molecular formula is C16H27BN2O4. The van der Waals surface area contributed by atoms with Gasteiger partial charge in [-0.3, -0.25) is 4.68 Å². The van der Waals surface area contributed by atoms with Crippen LogP contribution >= 0.6 is 0 Å². The summed E-state index contributed by atoms with van der Waals surface area (Å²) in [6.07, 6.45) is 1.98. The highest BCUT2D eigenvalue weighted by atomic mass is 16.7. The fraction of sp³-hybridized carbons (Fsp3) is 0.750. The van der Waals surface area contributed by atoms with Gasteiger partial charge in [-0.1, -0.05) is 13.8 Å². The van der Waals surface area contributed by atoms with Crippen LogP contribution in [0, 0.1) is 5.92 Å². The summed E-state index contributed by atoms with van der Waals surface area (Å²) in [6, 6.07) is 1.67. The predicted molar refractivity (Wildman–Crippen MR) is 88.7 cm³/mol. The van der Waals surface area contributed by atoms with Crippen LogP contribution in [0.3, 0.4) is 0 Å². The van der Waals surface area contributed by atoms with Crippen molar-refractivity contribution in [2.75, 3.05) is 7.11 Å². The van der Waals surface area contributed by atoms with E-state index >= 15 is 0 Å². The third-order valence-electron chi connectivity index (χ3n) is 4.79. The minimum atomic E-state index is -0.543. The molecule has 1 aliphatic heterocycles. The van der Waals surface area contributed by atoms with Crippen LogP contribution in [0.2, 0.25) is 0 Å². The Balaban J connectivity index is 2.23. The molecule has 1 fully saturated rings. The van der Waals surface area contributed by atoms with Gasteiger partial charge >= 0.3 is 13.1 Å². The van der Waals surface area contributed by atoms with E-state index in [0.717, 1.165) is 12.8 Å². The molecule has 1 aromatic heterocycles. The van der Waals surface area contributed by atoms with E-state index in [4.69, 9.17) is 14.0 Å². The van der Waals surface area contributed by atoms with E-state index in [0.29, 0.717) is 11.5 Å². The van der Waals surface area contributed by atoms with E-state index in [1.165, 1.54) is 7.11 Å². The van der Waals surface area contributed by atoms with Crippen molar-refractivity contribution in [3.05, 3.63) is 11.8 Å². The second kappa shape index (κ2) is 6.28. The zero-order valence-corrected chi connectivity index (χ0v) is 15.2. The van der Waals surface area contributed by atoms with E-state index < -0.39 is 24.3 Å². The Hall–Kier alpha value is -1.34. The molecule has 128 valence electrons. The molecule has 0 aromatic carbocycles. The number of ether oxygens (including phenoxy) is 1. The lowest BCUT2D eigenvalue weighted by Crippen LogP contribution is -2.44. The van der Waals surface area contributed by atoms with Crippen molar-refractivity contribution in [3.63, 3.8) is 0 Å². The molecule has 23 heavy (non-hydrogen) atoms. The molecule has 0 amide bonds. The van der Waals surface area contributed by atoms with E-state index in [1.807, 2.05) is 13.8 Å². The molecule has 6 nitrogen and oxygen atoms in total. The molecule has 7 heteroatoms. The molecule has 0 spiro atoms. The summed E-state index contributed by atoms with van der Waals surface area (Å²) in [4.78, 5) is 11.6. The zero-order valence-electron chi connectivity index (χ0n) is 15.2. The Kier molecular flexibility index (Phi) is 4.92. The van der Waals surface area contributed by atoms with Crippen LogP contribution in [0.25, 0.3) is 0 Å². The van der Waals surface area contributed by atoms with Gasteiger partial charge in [0.2, 0.25) is 0 Å². The maximum atomic E-state index is 11.6. The Bertz CT molecular complexity index is 585. The van der Waals surface area contributed by atoms with Crippen molar-refractivity contribution >= 4 is 18.7 Å². The molecule has 0 aliphatic carbocycles. The highest BCUT2D eigenvalue weighted by Gasteiger charge is 2.55. The maximum Gasteiger partial charge on any atom is 0.514 e. The highest BCUT2D eigenvalue weighted by molar-refractivity contribution is 6.61. The van der Waals surface area contributed by atoms with Crippen LogP contribution in [0.15, 0.2) is 6.07 Å². The molecular weight excluding hydrogens is 295 g/mol. The Morgan fingerprint density at radius 2 is 2.04 bits per heavy atom. The fourth-order valence-electron chi connectivity index (χ4n) is 2.75. The average molecular weight is 322 g/mol. The Labute approximate surface area is 138 Å². The first-order chi connectivity index (χ1) is 10.6. The topological polar surface area (TPSA) is 62.6 Å². The summed E-state index contributed by atoms with van der Waals surface area (Å²) in [5.41, 5.74) is 0.150. The minimum Gasteiger partial charge on any atom is -0.464 e. The molecule has 0 bridgehead atoms. The van der Waals surface area contributed by atoms with Crippen LogP contribution < -0.4 is 5.59 Å². The molecule has 1 aromatic rings. The van der Waals surface area contributed by atoms with Crippen molar-refractivity contribution in [1.29, 1.82) is 0 Å². The molecule has 1 aliphatic rings. The predicted octanol–water partition coefficient (Wildman–Crippen LogP) is 1.92. The third kappa shape index (κ3) is 3.45. The van der Waals surface area contributed by atoms with Crippen LogP contribution in [-0.4, -0.2) is 41.2 Å². The number of carbonyl (C=O) groups excluding carboxylic acids is 1. The van der Waals surface area contributed by atoms with Gasteiger partial charge < -0.3 is 14.0 Å². The number of esters is 1. The van der Waals surface area contributed by atoms with Gasteiger partial charge in [0.25, 0.3) is 0 Å². The Morgan fingerprint density at radius 1 is 1.39 bits per heavy atom. The molecule has 0 N–H and O–H groups in total. The smallest absolute Gasteiger partial charge is 0.464 e. The number of aromatic nitrogens is 2. The first-order valence-electron chi connectivity index (χ1n) is 8.07. The lowest BCUT2D eigenvalue weighted by atomic mass is 9.82. The molecule has 0 saturated carbocycles. The fourth-order valence-corrected chi connectivity index (χ4v) is 2.75. The van der Waals surface area contributed by atoms with E-state index in [9.17, 15) is 4.79 Å². The summed E-state index contributed by atoms with van der Waals surface area (Å²) in [6.45, 7) is 10.6. The largest absolute Gasteiger partial charge is 0.514 e. The maximum absolute atomic E-state index is 11.6. The van der Waals surface area contributed by atoms with Crippen molar-refractivity contribution in [2.45, 2.75) is 58.7 Å². The lowest BCUT2D eigenvalue weighted by Gasteiger charge is -2.37. The standard InChI is InChI=1S/C16H27BN2O4/c1-11(2)8-9-16(5)15(3,4)22-17(23-16)13-10-12(14(20)21-7)18-19(13)6/h10-11H,8-9H2,1-7H3. The SMILES string of the molecule is COC(=O)c1cc(B2OC(C)(C)C(C)(CCC(C)C)O2)n(C)n1. The first-order valence-corrected chi connectivity index (χ1v) is 8.07. The summed E-state index contributed by atoms with van der Waals surface area (Å²) in [7, 11) is 2.56. The number of nitrogens with zero attached hydrogens (tertiary/aromatic N) is 2. The van der Waals surface area contributed by atoms with Crippen molar-refractivity contribution in [2.24, 2.45) is 13.0 Å². The number of aryl methyl sites for hydroxylation is 1. The van der Waals surface area contributed by atoms with Crippen LogP contribution in [0.1, 0.15) is 57.9 Å². The van der Waals surface area contributed by atoms with E-state index in [1.54, 1.807) is 17.8 Å².